The number of rotatable bonds is 8. The van der Waals surface area contributed by atoms with E-state index in [0.29, 0.717) is 11.1 Å². The fourth-order valence-electron chi connectivity index (χ4n) is 3.94. The fourth-order valence-corrected chi connectivity index (χ4v) is 4.69. The molecule has 1 N–H and O–H groups in total. The molecule has 1 aromatic heterocycles. The molecule has 0 aliphatic heterocycles. The molecule has 36 heavy (non-hydrogen) atoms. The lowest BCUT2D eigenvalue weighted by Crippen LogP contribution is -2.14. The highest BCUT2D eigenvalue weighted by molar-refractivity contribution is 7.99. The third kappa shape index (κ3) is 6.05. The minimum absolute atomic E-state index is 0.0741. The number of hydrogen-bond acceptors (Lipinski definition) is 4. The van der Waals surface area contributed by atoms with E-state index in [-0.39, 0.29) is 17.1 Å². The molecule has 1 unspecified atom stereocenters. The topological polar surface area (TPSA) is 59.8 Å². The second-order valence-electron chi connectivity index (χ2n) is 10.1. The number of aromatic nitrogens is 3. The van der Waals surface area contributed by atoms with Gasteiger partial charge in [-0.2, -0.15) is 0 Å². The first-order valence-electron chi connectivity index (χ1n) is 12.4. The molecule has 186 valence electrons. The first-order valence-corrected chi connectivity index (χ1v) is 13.4. The molecule has 3 aromatic carbocycles. The number of carbonyl (C=O) groups is 1. The smallest absolute Gasteiger partial charge is 0.234 e. The predicted octanol–water partition coefficient (Wildman–Crippen LogP) is 7.48. The van der Waals surface area contributed by atoms with Crippen molar-refractivity contribution in [3.8, 4) is 17.1 Å². The van der Waals surface area contributed by atoms with Crippen LogP contribution in [-0.4, -0.2) is 26.4 Å². The van der Waals surface area contributed by atoms with E-state index in [2.05, 4.69) is 86.5 Å². The molecular weight excluding hydrogens is 464 g/mol. The van der Waals surface area contributed by atoms with E-state index >= 15 is 0 Å². The Labute approximate surface area is 218 Å². The van der Waals surface area contributed by atoms with Crippen molar-refractivity contribution in [2.75, 3.05) is 11.1 Å². The van der Waals surface area contributed by atoms with Crippen LogP contribution in [0.3, 0.4) is 0 Å². The number of nitrogens with zero attached hydrogens (tertiary/aromatic N) is 3. The molecule has 0 radical (unpaired) electrons. The Morgan fingerprint density at radius 3 is 2.22 bits per heavy atom. The number of benzene rings is 3. The SMILES string of the molecule is CCC(C)c1ccc(NC(=O)CSc2nnc(-c3ccc(C(C)(C)C)cc3)n2-c2ccccc2)cc1. The van der Waals surface area contributed by atoms with E-state index in [9.17, 15) is 4.79 Å². The summed E-state index contributed by atoms with van der Waals surface area (Å²) < 4.78 is 2.02. The Morgan fingerprint density at radius 1 is 0.944 bits per heavy atom. The third-order valence-electron chi connectivity index (χ3n) is 6.37. The largest absolute Gasteiger partial charge is 0.325 e. The number of hydrogen-bond donors (Lipinski definition) is 1. The summed E-state index contributed by atoms with van der Waals surface area (Å²) in [7, 11) is 0. The summed E-state index contributed by atoms with van der Waals surface area (Å²) >= 11 is 1.38. The van der Waals surface area contributed by atoms with Crippen molar-refractivity contribution in [2.24, 2.45) is 0 Å². The lowest BCUT2D eigenvalue weighted by atomic mass is 9.87. The molecule has 5 nitrogen and oxygen atoms in total. The Bertz CT molecular complexity index is 1290. The molecule has 0 aliphatic carbocycles. The zero-order chi connectivity index (χ0) is 25.7. The Kier molecular flexibility index (Phi) is 7.94. The van der Waals surface area contributed by atoms with E-state index in [1.165, 1.54) is 22.9 Å². The van der Waals surface area contributed by atoms with Gasteiger partial charge >= 0.3 is 0 Å². The Balaban J connectivity index is 1.53. The van der Waals surface area contributed by atoms with Gasteiger partial charge < -0.3 is 5.32 Å². The van der Waals surface area contributed by atoms with Crippen molar-refractivity contribution in [3.05, 3.63) is 90.0 Å². The van der Waals surface area contributed by atoms with Crippen LogP contribution in [-0.2, 0) is 10.2 Å². The number of thioether (sulfide) groups is 1. The zero-order valence-electron chi connectivity index (χ0n) is 21.7. The molecule has 1 amide bonds. The van der Waals surface area contributed by atoms with Crippen LogP contribution in [0.1, 0.15) is 58.1 Å². The minimum Gasteiger partial charge on any atom is -0.325 e. The van der Waals surface area contributed by atoms with E-state index in [4.69, 9.17) is 0 Å². The average molecular weight is 499 g/mol. The molecule has 0 aliphatic rings. The van der Waals surface area contributed by atoms with Crippen molar-refractivity contribution >= 4 is 23.4 Å². The fraction of sp³-hybridized carbons (Fsp3) is 0.300. The van der Waals surface area contributed by atoms with E-state index in [1.54, 1.807) is 0 Å². The van der Waals surface area contributed by atoms with Gasteiger partial charge in [-0.05, 0) is 53.1 Å². The van der Waals surface area contributed by atoms with Crippen molar-refractivity contribution in [1.82, 2.24) is 14.8 Å². The highest BCUT2D eigenvalue weighted by Gasteiger charge is 2.19. The molecule has 0 bridgehead atoms. The Morgan fingerprint density at radius 2 is 1.61 bits per heavy atom. The van der Waals surface area contributed by atoms with E-state index < -0.39 is 0 Å². The summed E-state index contributed by atoms with van der Waals surface area (Å²) in [4.78, 5) is 12.7. The highest BCUT2D eigenvalue weighted by atomic mass is 32.2. The maximum atomic E-state index is 12.7. The number of anilines is 1. The average Bonchev–Trinajstić information content (AvgIpc) is 3.31. The van der Waals surface area contributed by atoms with Crippen molar-refractivity contribution in [3.63, 3.8) is 0 Å². The molecular formula is C30H34N4OS. The van der Waals surface area contributed by atoms with Crippen molar-refractivity contribution in [1.29, 1.82) is 0 Å². The molecule has 0 saturated carbocycles. The number of amides is 1. The van der Waals surface area contributed by atoms with Gasteiger partial charge in [0.15, 0.2) is 11.0 Å². The van der Waals surface area contributed by atoms with Gasteiger partial charge in [-0.3, -0.25) is 9.36 Å². The minimum atomic E-state index is -0.0741. The lowest BCUT2D eigenvalue weighted by Gasteiger charge is -2.19. The van der Waals surface area contributed by atoms with Crippen LogP contribution in [0.2, 0.25) is 0 Å². The highest BCUT2D eigenvalue weighted by Crippen LogP contribution is 2.30. The quantitative estimate of drug-likeness (QED) is 0.256. The van der Waals surface area contributed by atoms with Gasteiger partial charge in [-0.1, -0.05) is 101 Å². The molecule has 0 saturated heterocycles. The van der Waals surface area contributed by atoms with Crippen LogP contribution in [0.25, 0.3) is 17.1 Å². The maximum absolute atomic E-state index is 12.7. The van der Waals surface area contributed by atoms with Gasteiger partial charge in [0.1, 0.15) is 0 Å². The van der Waals surface area contributed by atoms with E-state index in [0.717, 1.165) is 29.2 Å². The second-order valence-corrected chi connectivity index (χ2v) is 11.0. The van der Waals surface area contributed by atoms with Crippen LogP contribution >= 0.6 is 11.8 Å². The summed E-state index contributed by atoms with van der Waals surface area (Å²) in [5, 5.41) is 12.6. The number of para-hydroxylation sites is 1. The van der Waals surface area contributed by atoms with Crippen LogP contribution < -0.4 is 5.32 Å². The van der Waals surface area contributed by atoms with Crippen molar-refractivity contribution in [2.45, 2.75) is 57.5 Å². The monoisotopic (exact) mass is 498 g/mol. The second kappa shape index (κ2) is 11.1. The summed E-state index contributed by atoms with van der Waals surface area (Å²) in [6, 6.07) is 26.6. The first-order chi connectivity index (χ1) is 17.3. The van der Waals surface area contributed by atoms with Gasteiger partial charge in [0.05, 0.1) is 5.75 Å². The first kappa shape index (κ1) is 25.7. The van der Waals surface area contributed by atoms with Crippen LogP contribution in [0.15, 0.2) is 84.0 Å². The van der Waals surface area contributed by atoms with Gasteiger partial charge in [-0.25, -0.2) is 0 Å². The summed E-state index contributed by atoms with van der Waals surface area (Å²) in [6.07, 6.45) is 1.09. The lowest BCUT2D eigenvalue weighted by molar-refractivity contribution is -0.113. The Hall–Kier alpha value is -3.38. The molecule has 1 heterocycles. The molecule has 1 atom stereocenters. The summed E-state index contributed by atoms with van der Waals surface area (Å²) in [6.45, 7) is 11.0. The van der Waals surface area contributed by atoms with Crippen LogP contribution in [0.5, 0.6) is 0 Å². The molecule has 4 rings (SSSR count). The van der Waals surface area contributed by atoms with Crippen molar-refractivity contribution < 1.29 is 4.79 Å². The van der Waals surface area contributed by atoms with Gasteiger partial charge in [0.25, 0.3) is 0 Å². The van der Waals surface area contributed by atoms with Crippen LogP contribution in [0, 0.1) is 0 Å². The van der Waals surface area contributed by atoms with Crippen LogP contribution in [0.4, 0.5) is 5.69 Å². The molecule has 6 heteroatoms. The normalized spacial score (nSPS) is 12.4. The van der Waals surface area contributed by atoms with E-state index in [1.807, 2.05) is 47.0 Å². The third-order valence-corrected chi connectivity index (χ3v) is 7.29. The van der Waals surface area contributed by atoms with Gasteiger partial charge in [-0.15, -0.1) is 10.2 Å². The molecule has 0 spiro atoms. The molecule has 4 aromatic rings. The predicted molar refractivity (Wildman–Crippen MR) is 150 cm³/mol. The molecule has 0 fully saturated rings. The summed E-state index contributed by atoms with van der Waals surface area (Å²) in [5.41, 5.74) is 5.37. The zero-order valence-corrected chi connectivity index (χ0v) is 22.5. The van der Waals surface area contributed by atoms with Gasteiger partial charge in [0, 0.05) is 16.9 Å². The standard InChI is InChI=1S/C30H34N4OS/c1-6-21(2)22-14-18-25(19-15-22)31-27(35)20-36-29-33-32-28(34(29)26-10-8-7-9-11-26)23-12-16-24(17-13-23)30(3,4)5/h7-19,21H,6,20H2,1-5H3,(H,31,35). The van der Waals surface area contributed by atoms with Gasteiger partial charge in [0.2, 0.25) is 5.91 Å². The maximum Gasteiger partial charge on any atom is 0.234 e. The summed E-state index contributed by atoms with van der Waals surface area (Å²) in [5.74, 6) is 1.43. The number of carbonyl (C=O) groups excluding carboxylic acids is 1. The number of nitrogens with one attached hydrogen (secondary N) is 1.